The van der Waals surface area contributed by atoms with Crippen LogP contribution < -0.4 is 51.3 Å². The maximum absolute atomic E-state index is 11.9. The number of nitrogens with one attached hydrogen (secondary N) is 2. The van der Waals surface area contributed by atoms with Gasteiger partial charge in [-0.1, -0.05) is 6.07 Å². The van der Waals surface area contributed by atoms with Gasteiger partial charge in [0.05, 0.1) is 27.2 Å². The van der Waals surface area contributed by atoms with E-state index in [9.17, 15) is 9.59 Å². The summed E-state index contributed by atoms with van der Waals surface area (Å²) in [6.45, 7) is 6.36. The predicted molar refractivity (Wildman–Crippen MR) is 95.8 cm³/mol. The Morgan fingerprint density at radius 1 is 1.15 bits per heavy atom. The van der Waals surface area contributed by atoms with Crippen LogP contribution in [0.25, 0.3) is 0 Å². The summed E-state index contributed by atoms with van der Waals surface area (Å²) in [6, 6.07) is 5.70. The Morgan fingerprint density at radius 3 is 2.19 bits per heavy atom. The van der Waals surface area contributed by atoms with Gasteiger partial charge in [-0.2, -0.15) is 0 Å². The molecule has 6 N–H and O–H groups in total. The summed E-state index contributed by atoms with van der Waals surface area (Å²) >= 11 is 0. The van der Waals surface area contributed by atoms with E-state index in [0.717, 1.165) is 34.4 Å². The molecular weight excluding hydrogens is 449 g/mol. The van der Waals surface area contributed by atoms with E-state index in [1.165, 1.54) is 0 Å². The highest BCUT2D eigenvalue weighted by Gasteiger charge is 2.26. The minimum Gasteiger partial charge on any atom is -1.00 e. The number of carbonyl (C=O) groups is 2. The first-order chi connectivity index (χ1) is 11.8. The number of quaternary nitrogens is 1. The first kappa shape index (κ1) is 24.6. The van der Waals surface area contributed by atoms with Crippen LogP contribution in [0.4, 0.5) is 0 Å². The molecule has 148 valence electrons. The lowest BCUT2D eigenvalue weighted by atomic mass is 9.96. The fourth-order valence-corrected chi connectivity index (χ4v) is 2.49. The summed E-state index contributed by atoms with van der Waals surface area (Å²) in [4.78, 5) is 23.7. The van der Waals surface area contributed by atoms with Crippen LogP contribution in [0.5, 0.6) is 5.75 Å². The molecule has 2 amide bonds. The Hall–Kier alpha value is -1.43. The Labute approximate surface area is 172 Å². The number of hydrogen-bond acceptors (Lipinski definition) is 5. The molecule has 1 aromatic carbocycles. The maximum Gasteiger partial charge on any atom is 0.246 e. The lowest BCUT2D eigenvalue weighted by Crippen LogP contribution is -3.00. The van der Waals surface area contributed by atoms with Gasteiger partial charge >= 0.3 is 0 Å². The molecule has 1 aromatic rings. The van der Waals surface area contributed by atoms with Crippen molar-refractivity contribution >= 4 is 11.8 Å². The van der Waals surface area contributed by atoms with Gasteiger partial charge in [0.1, 0.15) is 18.2 Å². The summed E-state index contributed by atoms with van der Waals surface area (Å²) in [5, 5.41) is 0. The van der Waals surface area contributed by atoms with Gasteiger partial charge in [0.15, 0.2) is 0 Å². The summed E-state index contributed by atoms with van der Waals surface area (Å²) in [5.74, 6) is 9.00. The molecule has 26 heavy (non-hydrogen) atoms. The van der Waals surface area contributed by atoms with E-state index in [-0.39, 0.29) is 30.4 Å². The van der Waals surface area contributed by atoms with Crippen LogP contribution >= 0.6 is 0 Å². The molecule has 0 unspecified atom stereocenters. The number of ether oxygens (including phenoxy) is 1. The number of amides is 2. The van der Waals surface area contributed by atoms with E-state index in [1.54, 1.807) is 0 Å². The summed E-state index contributed by atoms with van der Waals surface area (Å²) in [6.07, 6.45) is 0.199. The molecule has 0 fully saturated rings. The number of nitrogens with zero attached hydrogens (tertiary/aromatic N) is 1. The first-order valence-electron chi connectivity index (χ1n) is 8.35. The summed E-state index contributed by atoms with van der Waals surface area (Å²) in [5.41, 5.74) is 5.90. The van der Waals surface area contributed by atoms with Crippen molar-refractivity contribution in [2.24, 2.45) is 17.6 Å². The normalized spacial score (nSPS) is 10.9. The van der Waals surface area contributed by atoms with Gasteiger partial charge in [-0.05, 0) is 38.0 Å². The molecule has 0 saturated carbocycles. The zero-order valence-electron chi connectivity index (χ0n) is 15.8. The second kappa shape index (κ2) is 11.3. The largest absolute Gasteiger partial charge is 1.00 e. The fraction of sp³-hybridized carbons (Fsp3) is 0.529. The van der Waals surface area contributed by atoms with Crippen LogP contribution in [0, 0.1) is 5.92 Å². The van der Waals surface area contributed by atoms with Crippen molar-refractivity contribution in [3.05, 3.63) is 29.3 Å². The van der Waals surface area contributed by atoms with Crippen molar-refractivity contribution in [3.8, 4) is 5.75 Å². The van der Waals surface area contributed by atoms with Crippen LogP contribution in [0.15, 0.2) is 18.2 Å². The van der Waals surface area contributed by atoms with Crippen molar-refractivity contribution in [1.82, 2.24) is 10.9 Å². The van der Waals surface area contributed by atoms with Gasteiger partial charge in [0.2, 0.25) is 11.8 Å². The van der Waals surface area contributed by atoms with Crippen molar-refractivity contribution in [2.45, 2.75) is 26.8 Å². The van der Waals surface area contributed by atoms with Crippen LogP contribution in [0.3, 0.4) is 0 Å². The number of benzene rings is 1. The molecule has 0 atom stereocenters. The van der Waals surface area contributed by atoms with Gasteiger partial charge in [-0.15, -0.1) is 0 Å². The van der Waals surface area contributed by atoms with Crippen LogP contribution in [0.2, 0.25) is 0 Å². The molecule has 0 bridgehead atoms. The summed E-state index contributed by atoms with van der Waals surface area (Å²) in [7, 11) is 4.27. The zero-order valence-corrected chi connectivity index (χ0v) is 18.0. The number of halogens is 1. The fourth-order valence-electron chi connectivity index (χ4n) is 2.49. The number of hydrogen-bond donors (Lipinski definition) is 4. The van der Waals surface area contributed by atoms with Crippen LogP contribution in [-0.4, -0.2) is 43.5 Å². The SMILES string of the molecule is CCOc1ccc(CC(C(=O)NN)C(=O)NN)cc1C[N+](C)(C)CC.[I-]. The number of nitrogens with two attached hydrogens (primary N) is 2. The monoisotopic (exact) mass is 479 g/mol. The van der Waals surface area contributed by atoms with Gasteiger partial charge in [-0.25, -0.2) is 11.7 Å². The molecule has 0 aliphatic carbocycles. The van der Waals surface area contributed by atoms with E-state index in [0.29, 0.717) is 6.61 Å². The van der Waals surface area contributed by atoms with E-state index < -0.39 is 17.7 Å². The Balaban J connectivity index is 0.00000625. The number of rotatable bonds is 9. The molecular formula is C17H30IN5O3. The smallest absolute Gasteiger partial charge is 0.246 e. The minimum atomic E-state index is -0.991. The average Bonchev–Trinajstić information content (AvgIpc) is 2.60. The molecule has 1 rings (SSSR count). The van der Waals surface area contributed by atoms with E-state index in [2.05, 4.69) is 21.0 Å². The van der Waals surface area contributed by atoms with Gasteiger partial charge < -0.3 is 33.2 Å². The van der Waals surface area contributed by atoms with Crippen LogP contribution in [0.1, 0.15) is 25.0 Å². The second-order valence-corrected chi connectivity index (χ2v) is 6.56. The topological polar surface area (TPSA) is 119 Å². The Bertz CT molecular complexity index is 594. The minimum absolute atomic E-state index is 0. The highest BCUT2D eigenvalue weighted by molar-refractivity contribution is 6.00. The van der Waals surface area contributed by atoms with Crippen molar-refractivity contribution < 1.29 is 42.8 Å². The predicted octanol–water partition coefficient (Wildman–Crippen LogP) is -3.18. The average molecular weight is 479 g/mol. The molecule has 8 nitrogen and oxygen atoms in total. The Kier molecular flexibility index (Phi) is 10.7. The molecule has 9 heteroatoms. The second-order valence-electron chi connectivity index (χ2n) is 6.56. The van der Waals surface area contributed by atoms with E-state index >= 15 is 0 Å². The zero-order chi connectivity index (χ0) is 19.0. The number of carbonyl (C=O) groups excluding carboxylic acids is 2. The molecule has 0 aliphatic heterocycles. The molecule has 0 spiro atoms. The first-order valence-corrected chi connectivity index (χ1v) is 8.35. The van der Waals surface area contributed by atoms with Gasteiger partial charge in [0, 0.05) is 5.56 Å². The highest BCUT2D eigenvalue weighted by Crippen LogP contribution is 2.25. The van der Waals surface area contributed by atoms with Crippen molar-refractivity contribution in [2.75, 3.05) is 27.2 Å². The third-order valence-electron chi connectivity index (χ3n) is 4.24. The standard InChI is InChI=1S/C17H29N5O3.HI/c1-5-22(3,4)11-13-9-12(7-8-15(13)25-6-2)10-14(16(23)20-18)17(24)21-19;/h7-9,14H,5-6,10-11,18-19H2,1-4H3,(H-,20,21,23,24);1H. The third kappa shape index (κ3) is 7.06. The van der Waals surface area contributed by atoms with Crippen molar-refractivity contribution in [1.29, 1.82) is 0 Å². The van der Waals surface area contributed by atoms with Gasteiger partial charge in [-0.3, -0.25) is 20.4 Å². The molecule has 0 heterocycles. The molecule has 0 aromatic heterocycles. The summed E-state index contributed by atoms with van der Waals surface area (Å²) < 4.78 is 6.51. The van der Waals surface area contributed by atoms with Crippen molar-refractivity contribution in [3.63, 3.8) is 0 Å². The van der Waals surface area contributed by atoms with Crippen LogP contribution in [-0.2, 0) is 22.6 Å². The van der Waals surface area contributed by atoms with E-state index in [4.69, 9.17) is 16.4 Å². The lowest BCUT2D eigenvalue weighted by molar-refractivity contribution is -0.901. The highest BCUT2D eigenvalue weighted by atomic mass is 127. The van der Waals surface area contributed by atoms with E-state index in [1.807, 2.05) is 36.0 Å². The molecule has 0 radical (unpaired) electrons. The molecule has 0 saturated heterocycles. The maximum atomic E-state index is 11.9. The van der Waals surface area contributed by atoms with Gasteiger partial charge in [0.25, 0.3) is 0 Å². The third-order valence-corrected chi connectivity index (χ3v) is 4.24. The Morgan fingerprint density at radius 2 is 1.73 bits per heavy atom. The number of hydrazine groups is 2. The lowest BCUT2D eigenvalue weighted by Gasteiger charge is -2.29. The molecule has 0 aliphatic rings. The quantitative estimate of drug-likeness (QED) is 0.0744.